The molecular formula is C22H22F3N3O2. The molecule has 1 heterocycles. The van der Waals surface area contributed by atoms with E-state index < -0.39 is 29.7 Å². The SMILES string of the molecule is CC1=C(C(=O)Nc2cccc(C(F)(F)F)c2)C(c2ccc(C(C)C)cc2)NC(=O)N1. The molecule has 30 heavy (non-hydrogen) atoms. The quantitative estimate of drug-likeness (QED) is 0.648. The maximum Gasteiger partial charge on any atom is 0.416 e. The second-order valence-corrected chi connectivity index (χ2v) is 7.42. The van der Waals surface area contributed by atoms with Gasteiger partial charge in [0.2, 0.25) is 0 Å². The number of benzene rings is 2. The number of alkyl halides is 3. The zero-order chi connectivity index (χ0) is 22.1. The number of hydrogen-bond acceptors (Lipinski definition) is 2. The fraction of sp³-hybridized carbons (Fsp3) is 0.273. The van der Waals surface area contributed by atoms with Gasteiger partial charge in [0.1, 0.15) is 0 Å². The molecule has 3 amide bonds. The Kier molecular flexibility index (Phi) is 5.87. The Morgan fingerprint density at radius 2 is 1.77 bits per heavy atom. The first-order valence-electron chi connectivity index (χ1n) is 9.43. The Balaban J connectivity index is 1.91. The van der Waals surface area contributed by atoms with Gasteiger partial charge in [-0.1, -0.05) is 44.2 Å². The van der Waals surface area contributed by atoms with Crippen molar-refractivity contribution in [1.82, 2.24) is 10.6 Å². The summed E-state index contributed by atoms with van der Waals surface area (Å²) in [5.41, 5.74) is 1.52. The number of halogens is 3. The molecule has 1 atom stereocenters. The standard InChI is InChI=1S/C22H22F3N3O2/c1-12(2)14-7-9-15(10-8-14)19-18(13(3)26-21(30)28-19)20(29)27-17-6-4-5-16(11-17)22(23,24)25/h4-12,19H,1-3H3,(H,27,29)(H2,26,28,30). The van der Waals surface area contributed by atoms with Gasteiger partial charge in [-0.05, 0) is 42.2 Å². The van der Waals surface area contributed by atoms with E-state index in [1.807, 2.05) is 24.3 Å². The van der Waals surface area contributed by atoms with Gasteiger partial charge in [-0.15, -0.1) is 0 Å². The van der Waals surface area contributed by atoms with Crippen molar-refractivity contribution >= 4 is 17.6 Å². The van der Waals surface area contributed by atoms with Gasteiger partial charge in [-0.3, -0.25) is 4.79 Å². The number of anilines is 1. The predicted octanol–water partition coefficient (Wildman–Crippen LogP) is 5.10. The van der Waals surface area contributed by atoms with Crippen LogP contribution in [0.1, 0.15) is 49.4 Å². The summed E-state index contributed by atoms with van der Waals surface area (Å²) >= 11 is 0. The topological polar surface area (TPSA) is 70.2 Å². The molecule has 0 spiro atoms. The number of allylic oxidation sites excluding steroid dienone is 1. The molecule has 3 rings (SSSR count). The van der Waals surface area contributed by atoms with Crippen LogP contribution in [-0.4, -0.2) is 11.9 Å². The highest BCUT2D eigenvalue weighted by molar-refractivity contribution is 6.06. The van der Waals surface area contributed by atoms with Gasteiger partial charge in [-0.2, -0.15) is 13.2 Å². The molecule has 0 fully saturated rings. The Labute approximate surface area is 172 Å². The molecule has 3 N–H and O–H groups in total. The Bertz CT molecular complexity index is 995. The Morgan fingerprint density at radius 3 is 2.37 bits per heavy atom. The van der Waals surface area contributed by atoms with Crippen LogP contribution >= 0.6 is 0 Å². The van der Waals surface area contributed by atoms with Gasteiger partial charge >= 0.3 is 12.2 Å². The molecule has 5 nitrogen and oxygen atoms in total. The third-order valence-corrected chi connectivity index (χ3v) is 4.90. The van der Waals surface area contributed by atoms with E-state index in [2.05, 4.69) is 29.8 Å². The van der Waals surface area contributed by atoms with Crippen LogP contribution in [0.15, 0.2) is 59.8 Å². The average Bonchev–Trinajstić information content (AvgIpc) is 2.67. The summed E-state index contributed by atoms with van der Waals surface area (Å²) < 4.78 is 38.9. The summed E-state index contributed by atoms with van der Waals surface area (Å²) in [6.07, 6.45) is -4.52. The van der Waals surface area contributed by atoms with Crippen LogP contribution in [0, 0.1) is 0 Å². The maximum absolute atomic E-state index is 13.0. The summed E-state index contributed by atoms with van der Waals surface area (Å²) in [7, 11) is 0. The molecule has 0 aromatic heterocycles. The van der Waals surface area contributed by atoms with Gasteiger partial charge in [0.05, 0.1) is 17.2 Å². The Morgan fingerprint density at radius 1 is 1.10 bits per heavy atom. The molecule has 1 aliphatic rings. The number of carbonyl (C=O) groups is 2. The fourth-order valence-corrected chi connectivity index (χ4v) is 3.29. The van der Waals surface area contributed by atoms with E-state index in [0.717, 1.165) is 17.7 Å². The van der Waals surface area contributed by atoms with Crippen molar-refractivity contribution in [2.24, 2.45) is 0 Å². The highest BCUT2D eigenvalue weighted by atomic mass is 19.4. The first kappa shape index (κ1) is 21.4. The number of amides is 3. The normalized spacial score (nSPS) is 16.9. The lowest BCUT2D eigenvalue weighted by atomic mass is 9.92. The minimum absolute atomic E-state index is 0.0148. The van der Waals surface area contributed by atoms with Crippen molar-refractivity contribution in [1.29, 1.82) is 0 Å². The summed E-state index contributed by atoms with van der Waals surface area (Å²) in [4.78, 5) is 25.0. The summed E-state index contributed by atoms with van der Waals surface area (Å²) in [6.45, 7) is 5.69. The molecule has 0 radical (unpaired) electrons. The predicted molar refractivity (Wildman–Crippen MR) is 108 cm³/mol. The number of rotatable bonds is 4. The molecule has 2 aromatic carbocycles. The van der Waals surface area contributed by atoms with Crippen molar-refractivity contribution in [3.8, 4) is 0 Å². The highest BCUT2D eigenvalue weighted by Crippen LogP contribution is 2.32. The number of nitrogens with one attached hydrogen (secondary N) is 3. The zero-order valence-corrected chi connectivity index (χ0v) is 16.7. The van der Waals surface area contributed by atoms with Crippen molar-refractivity contribution in [3.63, 3.8) is 0 Å². The van der Waals surface area contributed by atoms with Gasteiger partial charge in [0.15, 0.2) is 0 Å². The summed E-state index contributed by atoms with van der Waals surface area (Å²) in [6, 6.07) is 10.7. The van der Waals surface area contributed by atoms with E-state index in [0.29, 0.717) is 17.2 Å². The van der Waals surface area contributed by atoms with Gasteiger partial charge in [-0.25, -0.2) is 4.79 Å². The van der Waals surface area contributed by atoms with E-state index in [1.54, 1.807) is 6.92 Å². The molecule has 2 aromatic rings. The third kappa shape index (κ3) is 4.64. The first-order valence-corrected chi connectivity index (χ1v) is 9.43. The van der Waals surface area contributed by atoms with E-state index in [9.17, 15) is 22.8 Å². The van der Waals surface area contributed by atoms with Crippen LogP contribution in [0.2, 0.25) is 0 Å². The smallest absolute Gasteiger partial charge is 0.327 e. The van der Waals surface area contributed by atoms with Crippen molar-refractivity contribution in [2.75, 3.05) is 5.32 Å². The second-order valence-electron chi connectivity index (χ2n) is 7.42. The van der Waals surface area contributed by atoms with Crippen LogP contribution < -0.4 is 16.0 Å². The number of hydrogen-bond donors (Lipinski definition) is 3. The Hall–Kier alpha value is -3.29. The number of urea groups is 1. The van der Waals surface area contributed by atoms with Gasteiger partial charge in [0, 0.05) is 11.4 Å². The van der Waals surface area contributed by atoms with Crippen molar-refractivity contribution in [2.45, 2.75) is 38.9 Å². The van der Waals surface area contributed by atoms with Crippen LogP contribution in [0.25, 0.3) is 0 Å². The fourth-order valence-electron chi connectivity index (χ4n) is 3.29. The van der Waals surface area contributed by atoms with E-state index in [4.69, 9.17) is 0 Å². The molecular weight excluding hydrogens is 395 g/mol. The van der Waals surface area contributed by atoms with Gasteiger partial charge < -0.3 is 16.0 Å². The maximum atomic E-state index is 13.0. The van der Waals surface area contributed by atoms with Crippen LogP contribution in [-0.2, 0) is 11.0 Å². The summed E-state index contributed by atoms with van der Waals surface area (Å²) in [5, 5.41) is 7.78. The van der Waals surface area contributed by atoms with Gasteiger partial charge in [0.25, 0.3) is 5.91 Å². The molecule has 1 aliphatic heterocycles. The number of carbonyl (C=O) groups excluding carboxylic acids is 2. The monoisotopic (exact) mass is 417 g/mol. The molecule has 1 unspecified atom stereocenters. The second kappa shape index (κ2) is 8.22. The van der Waals surface area contributed by atoms with Crippen LogP contribution in [0.3, 0.4) is 0 Å². The third-order valence-electron chi connectivity index (χ3n) is 4.90. The van der Waals surface area contributed by atoms with Crippen LogP contribution in [0.5, 0.6) is 0 Å². The summed E-state index contributed by atoms with van der Waals surface area (Å²) in [5.74, 6) is -0.278. The van der Waals surface area contributed by atoms with Crippen molar-refractivity contribution in [3.05, 3.63) is 76.5 Å². The molecule has 0 saturated carbocycles. The highest BCUT2D eigenvalue weighted by Gasteiger charge is 2.33. The lowest BCUT2D eigenvalue weighted by Gasteiger charge is -2.29. The largest absolute Gasteiger partial charge is 0.416 e. The molecule has 0 saturated heterocycles. The molecule has 0 aliphatic carbocycles. The minimum Gasteiger partial charge on any atom is -0.327 e. The zero-order valence-electron chi connectivity index (χ0n) is 16.7. The van der Waals surface area contributed by atoms with Crippen molar-refractivity contribution < 1.29 is 22.8 Å². The van der Waals surface area contributed by atoms with E-state index in [-0.39, 0.29) is 11.3 Å². The lowest BCUT2D eigenvalue weighted by Crippen LogP contribution is -2.46. The molecule has 158 valence electrons. The average molecular weight is 417 g/mol. The van der Waals surface area contributed by atoms with E-state index in [1.165, 1.54) is 12.1 Å². The molecule has 0 bridgehead atoms. The lowest BCUT2D eigenvalue weighted by molar-refractivity contribution is -0.137. The van der Waals surface area contributed by atoms with E-state index >= 15 is 0 Å². The molecule has 8 heteroatoms. The van der Waals surface area contributed by atoms with Crippen LogP contribution in [0.4, 0.5) is 23.7 Å². The minimum atomic E-state index is -4.52. The first-order chi connectivity index (χ1) is 14.1.